The number of carbonyl (C=O) groups is 1. The first-order valence-corrected chi connectivity index (χ1v) is 7.75. The van der Waals surface area contributed by atoms with Crippen LogP contribution in [0.25, 0.3) is 11.3 Å². The van der Waals surface area contributed by atoms with E-state index in [9.17, 15) is 4.79 Å². The van der Waals surface area contributed by atoms with E-state index in [1.54, 1.807) is 0 Å². The minimum absolute atomic E-state index is 0.146. The second-order valence-corrected chi connectivity index (χ2v) is 5.67. The molecule has 1 heterocycles. The van der Waals surface area contributed by atoms with E-state index < -0.39 is 0 Å². The molecule has 0 radical (unpaired) electrons. The number of thiazole rings is 1. The van der Waals surface area contributed by atoms with Gasteiger partial charge in [0.05, 0.1) is 5.69 Å². The summed E-state index contributed by atoms with van der Waals surface area (Å²) in [6.07, 6.45) is 2.51. The lowest BCUT2D eigenvalue weighted by atomic mass is 10.1. The first-order valence-electron chi connectivity index (χ1n) is 6.93. The molecule has 2 aromatic rings. The summed E-state index contributed by atoms with van der Waals surface area (Å²) in [5.41, 5.74) is 7.26. The minimum Gasteiger partial charge on any atom is -0.396 e. The average molecular weight is 305 g/mol. The fourth-order valence-electron chi connectivity index (χ4n) is 1.98. The molecule has 1 aromatic heterocycles. The van der Waals surface area contributed by atoms with E-state index in [4.69, 9.17) is 10.8 Å². The molecule has 0 fully saturated rings. The van der Waals surface area contributed by atoms with Crippen LogP contribution in [-0.2, 0) is 0 Å². The Bertz CT molecular complexity index is 584. The lowest BCUT2D eigenvalue weighted by Gasteiger charge is -2.05. The quantitative estimate of drug-likeness (QED) is 0.685. The highest BCUT2D eigenvalue weighted by atomic mass is 32.1. The number of nitrogens with one attached hydrogen (secondary N) is 1. The molecule has 6 heteroatoms. The van der Waals surface area contributed by atoms with Gasteiger partial charge in [0.1, 0.15) is 4.88 Å². The maximum Gasteiger partial charge on any atom is 0.263 e. The van der Waals surface area contributed by atoms with Gasteiger partial charge in [-0.1, -0.05) is 41.7 Å². The van der Waals surface area contributed by atoms with Gasteiger partial charge in [0, 0.05) is 18.7 Å². The summed E-state index contributed by atoms with van der Waals surface area (Å²) in [6.45, 7) is 0.780. The van der Waals surface area contributed by atoms with Gasteiger partial charge in [-0.15, -0.1) is 0 Å². The number of aliphatic hydroxyl groups is 1. The number of rotatable bonds is 7. The zero-order chi connectivity index (χ0) is 15.1. The molecule has 21 heavy (non-hydrogen) atoms. The van der Waals surface area contributed by atoms with Crippen molar-refractivity contribution in [3.63, 3.8) is 0 Å². The summed E-state index contributed by atoms with van der Waals surface area (Å²) in [7, 11) is 0. The van der Waals surface area contributed by atoms with Crippen LogP contribution in [0, 0.1) is 0 Å². The molecule has 0 spiro atoms. The maximum absolute atomic E-state index is 12.2. The third-order valence-electron chi connectivity index (χ3n) is 3.02. The van der Waals surface area contributed by atoms with Gasteiger partial charge in [-0.2, -0.15) is 0 Å². The summed E-state index contributed by atoms with van der Waals surface area (Å²) in [5.74, 6) is -0.146. The fraction of sp³-hybridized carbons (Fsp3) is 0.333. The van der Waals surface area contributed by atoms with Gasteiger partial charge in [-0.25, -0.2) is 4.98 Å². The topological polar surface area (TPSA) is 88.2 Å². The first-order chi connectivity index (χ1) is 10.2. The van der Waals surface area contributed by atoms with Crippen LogP contribution < -0.4 is 11.1 Å². The number of benzene rings is 1. The van der Waals surface area contributed by atoms with E-state index in [-0.39, 0.29) is 12.5 Å². The fourth-order valence-corrected chi connectivity index (χ4v) is 2.75. The van der Waals surface area contributed by atoms with Crippen LogP contribution in [0.1, 0.15) is 28.9 Å². The summed E-state index contributed by atoms with van der Waals surface area (Å²) in [6, 6.07) is 9.54. The Morgan fingerprint density at radius 3 is 2.71 bits per heavy atom. The van der Waals surface area contributed by atoms with Crippen molar-refractivity contribution in [2.45, 2.75) is 19.3 Å². The van der Waals surface area contributed by atoms with Crippen LogP contribution in [0.5, 0.6) is 0 Å². The van der Waals surface area contributed by atoms with Crippen molar-refractivity contribution >= 4 is 22.4 Å². The van der Waals surface area contributed by atoms with Crippen molar-refractivity contribution in [1.29, 1.82) is 0 Å². The molecule has 0 saturated carbocycles. The SMILES string of the molecule is Nc1nc(-c2ccccc2)c(C(=O)NCCCCCO)s1. The lowest BCUT2D eigenvalue weighted by Crippen LogP contribution is -2.24. The number of carbonyl (C=O) groups excluding carboxylic acids is 1. The number of aliphatic hydroxyl groups excluding tert-OH is 1. The number of nitrogen functional groups attached to an aromatic ring is 1. The Morgan fingerprint density at radius 1 is 1.24 bits per heavy atom. The molecule has 0 bridgehead atoms. The Hall–Kier alpha value is -1.92. The summed E-state index contributed by atoms with van der Waals surface area (Å²) in [4.78, 5) is 17.0. The molecule has 0 atom stereocenters. The number of nitrogens with two attached hydrogens (primary N) is 1. The van der Waals surface area contributed by atoms with E-state index in [1.807, 2.05) is 30.3 Å². The molecule has 0 saturated heterocycles. The number of nitrogens with zero attached hydrogens (tertiary/aromatic N) is 1. The molecular formula is C15H19N3O2S. The normalized spacial score (nSPS) is 10.5. The molecule has 0 aliphatic heterocycles. The Balaban J connectivity index is 2.04. The summed E-state index contributed by atoms with van der Waals surface area (Å²) in [5, 5.41) is 12.0. The molecule has 1 amide bonds. The van der Waals surface area contributed by atoms with Crippen molar-refractivity contribution in [3.05, 3.63) is 35.2 Å². The Morgan fingerprint density at radius 2 is 2.00 bits per heavy atom. The van der Waals surface area contributed by atoms with Gasteiger partial charge in [0.25, 0.3) is 5.91 Å². The second kappa shape index (κ2) is 7.75. The third kappa shape index (κ3) is 4.27. The molecule has 4 N–H and O–H groups in total. The van der Waals surface area contributed by atoms with E-state index in [2.05, 4.69) is 10.3 Å². The first kappa shape index (κ1) is 15.5. The Labute approximate surface area is 127 Å². The second-order valence-electron chi connectivity index (χ2n) is 4.64. The molecule has 1 aromatic carbocycles. The highest BCUT2D eigenvalue weighted by Crippen LogP contribution is 2.29. The zero-order valence-corrected chi connectivity index (χ0v) is 12.5. The molecule has 112 valence electrons. The van der Waals surface area contributed by atoms with E-state index in [0.29, 0.717) is 22.2 Å². The highest BCUT2D eigenvalue weighted by Gasteiger charge is 2.17. The van der Waals surface area contributed by atoms with Crippen molar-refractivity contribution < 1.29 is 9.90 Å². The molecular weight excluding hydrogens is 286 g/mol. The standard InChI is InChI=1S/C15H19N3O2S/c16-15-18-12(11-7-3-1-4-8-11)13(21-15)14(20)17-9-5-2-6-10-19/h1,3-4,7-8,19H,2,5-6,9-10H2,(H2,16,18)(H,17,20). The zero-order valence-electron chi connectivity index (χ0n) is 11.7. The van der Waals surface area contributed by atoms with E-state index in [1.165, 1.54) is 11.3 Å². The van der Waals surface area contributed by atoms with E-state index >= 15 is 0 Å². The molecule has 0 aliphatic carbocycles. The molecule has 0 aliphatic rings. The molecule has 2 rings (SSSR count). The monoisotopic (exact) mass is 305 g/mol. The van der Waals surface area contributed by atoms with Crippen LogP contribution in [0.2, 0.25) is 0 Å². The highest BCUT2D eigenvalue weighted by molar-refractivity contribution is 7.17. The van der Waals surface area contributed by atoms with Crippen LogP contribution in [0.3, 0.4) is 0 Å². The molecule has 5 nitrogen and oxygen atoms in total. The van der Waals surface area contributed by atoms with Gasteiger partial charge in [0.15, 0.2) is 5.13 Å². The summed E-state index contributed by atoms with van der Waals surface area (Å²) < 4.78 is 0. The number of hydrogen-bond acceptors (Lipinski definition) is 5. The minimum atomic E-state index is -0.146. The van der Waals surface area contributed by atoms with Crippen molar-refractivity contribution in [2.24, 2.45) is 0 Å². The van der Waals surface area contributed by atoms with Gasteiger partial charge < -0.3 is 16.2 Å². The van der Waals surface area contributed by atoms with Crippen LogP contribution in [0.4, 0.5) is 5.13 Å². The van der Waals surface area contributed by atoms with Crippen molar-refractivity contribution in [2.75, 3.05) is 18.9 Å². The number of amides is 1. The maximum atomic E-state index is 12.2. The average Bonchev–Trinajstić information content (AvgIpc) is 2.90. The Kier molecular flexibility index (Phi) is 5.71. The van der Waals surface area contributed by atoms with Gasteiger partial charge in [-0.3, -0.25) is 4.79 Å². The number of hydrogen-bond donors (Lipinski definition) is 3. The number of anilines is 1. The van der Waals surface area contributed by atoms with E-state index in [0.717, 1.165) is 24.8 Å². The van der Waals surface area contributed by atoms with Crippen molar-refractivity contribution in [1.82, 2.24) is 10.3 Å². The van der Waals surface area contributed by atoms with Gasteiger partial charge in [0.2, 0.25) is 0 Å². The van der Waals surface area contributed by atoms with Crippen LogP contribution in [0.15, 0.2) is 30.3 Å². The van der Waals surface area contributed by atoms with Crippen LogP contribution >= 0.6 is 11.3 Å². The molecule has 0 unspecified atom stereocenters. The predicted octanol–water partition coefficient (Wildman–Crippen LogP) is 2.28. The number of aromatic nitrogens is 1. The third-order valence-corrected chi connectivity index (χ3v) is 3.90. The van der Waals surface area contributed by atoms with Gasteiger partial charge in [-0.05, 0) is 19.3 Å². The lowest BCUT2D eigenvalue weighted by molar-refractivity contribution is 0.0957. The predicted molar refractivity (Wildman–Crippen MR) is 85.2 cm³/mol. The summed E-state index contributed by atoms with van der Waals surface area (Å²) >= 11 is 1.20. The van der Waals surface area contributed by atoms with Crippen molar-refractivity contribution in [3.8, 4) is 11.3 Å². The smallest absolute Gasteiger partial charge is 0.263 e. The van der Waals surface area contributed by atoms with Crippen LogP contribution in [-0.4, -0.2) is 29.1 Å². The van der Waals surface area contributed by atoms with Gasteiger partial charge >= 0.3 is 0 Å². The largest absolute Gasteiger partial charge is 0.396 e. The number of unbranched alkanes of at least 4 members (excludes halogenated alkanes) is 2.